The molecule has 0 aromatic heterocycles. The van der Waals surface area contributed by atoms with E-state index in [-0.39, 0.29) is 11.9 Å². The monoisotopic (exact) mass is 213 g/mol. The summed E-state index contributed by atoms with van der Waals surface area (Å²) in [5.41, 5.74) is 5.15. The second-order valence-corrected chi connectivity index (χ2v) is 4.45. The Kier molecular flexibility index (Phi) is 5.05. The van der Waals surface area contributed by atoms with Gasteiger partial charge in [0.2, 0.25) is 5.91 Å². The van der Waals surface area contributed by atoms with E-state index in [0.717, 1.165) is 19.6 Å². The van der Waals surface area contributed by atoms with Crippen molar-refractivity contribution in [1.29, 1.82) is 0 Å². The highest BCUT2D eigenvalue weighted by atomic mass is 16.1. The van der Waals surface area contributed by atoms with Gasteiger partial charge in [0, 0.05) is 18.5 Å². The van der Waals surface area contributed by atoms with E-state index in [0.29, 0.717) is 12.5 Å². The van der Waals surface area contributed by atoms with Crippen molar-refractivity contribution in [3.8, 4) is 0 Å². The zero-order valence-electron chi connectivity index (χ0n) is 9.83. The maximum atomic E-state index is 10.7. The van der Waals surface area contributed by atoms with E-state index in [2.05, 4.69) is 17.1 Å². The number of likely N-dealkylation sites (tertiary alicyclic amines) is 1. The number of carbonyl (C=O) groups is 1. The third-order valence-corrected chi connectivity index (χ3v) is 3.06. The van der Waals surface area contributed by atoms with E-state index >= 15 is 0 Å². The molecule has 1 rings (SSSR count). The van der Waals surface area contributed by atoms with Gasteiger partial charge < -0.3 is 16.0 Å². The molecule has 0 aromatic rings. The Hall–Kier alpha value is -0.610. The summed E-state index contributed by atoms with van der Waals surface area (Å²) in [6.07, 6.45) is 2.79. The third kappa shape index (κ3) is 4.62. The number of nitrogens with one attached hydrogen (secondary N) is 1. The van der Waals surface area contributed by atoms with Crippen molar-refractivity contribution in [2.75, 3.05) is 19.6 Å². The summed E-state index contributed by atoms with van der Waals surface area (Å²) >= 11 is 0. The third-order valence-electron chi connectivity index (χ3n) is 3.06. The molecule has 4 heteroatoms. The Morgan fingerprint density at radius 1 is 1.53 bits per heavy atom. The quantitative estimate of drug-likeness (QED) is 0.691. The highest BCUT2D eigenvalue weighted by Gasteiger charge is 2.19. The number of hydrogen-bond acceptors (Lipinski definition) is 3. The Labute approximate surface area is 92.2 Å². The maximum Gasteiger partial charge on any atom is 0.218 e. The van der Waals surface area contributed by atoms with Gasteiger partial charge in [-0.25, -0.2) is 0 Å². The second-order valence-electron chi connectivity index (χ2n) is 4.45. The normalized spacial score (nSPS) is 21.5. The molecule has 0 radical (unpaired) electrons. The largest absolute Gasteiger partial charge is 0.370 e. The van der Waals surface area contributed by atoms with E-state index in [1.807, 2.05) is 6.92 Å². The second kappa shape index (κ2) is 6.08. The van der Waals surface area contributed by atoms with Crippen molar-refractivity contribution >= 4 is 5.91 Å². The Balaban J connectivity index is 2.20. The molecule has 0 aliphatic carbocycles. The van der Waals surface area contributed by atoms with Gasteiger partial charge in [-0.15, -0.1) is 0 Å². The number of piperidine rings is 1. The van der Waals surface area contributed by atoms with Crippen molar-refractivity contribution in [3.63, 3.8) is 0 Å². The van der Waals surface area contributed by atoms with Crippen LogP contribution in [-0.2, 0) is 4.79 Å². The van der Waals surface area contributed by atoms with Gasteiger partial charge in [0.15, 0.2) is 0 Å². The van der Waals surface area contributed by atoms with Gasteiger partial charge in [0.05, 0.1) is 0 Å². The number of rotatable bonds is 5. The Bertz CT molecular complexity index is 200. The van der Waals surface area contributed by atoms with Crippen molar-refractivity contribution in [2.24, 2.45) is 5.73 Å². The van der Waals surface area contributed by atoms with Gasteiger partial charge >= 0.3 is 0 Å². The molecule has 1 aliphatic rings. The highest BCUT2D eigenvalue weighted by Crippen LogP contribution is 2.10. The summed E-state index contributed by atoms with van der Waals surface area (Å²) in [5, 5.41) is 3.47. The van der Waals surface area contributed by atoms with Crippen LogP contribution < -0.4 is 11.1 Å². The van der Waals surface area contributed by atoms with Gasteiger partial charge in [-0.3, -0.25) is 4.79 Å². The van der Waals surface area contributed by atoms with Crippen LogP contribution in [0.15, 0.2) is 0 Å². The number of primary amides is 1. The molecule has 0 saturated carbocycles. The van der Waals surface area contributed by atoms with Crippen LogP contribution >= 0.6 is 0 Å². The van der Waals surface area contributed by atoms with E-state index in [9.17, 15) is 4.79 Å². The average Bonchev–Trinajstić information content (AvgIpc) is 2.17. The first-order valence-corrected chi connectivity index (χ1v) is 5.88. The molecular formula is C11H23N3O. The van der Waals surface area contributed by atoms with Gasteiger partial charge in [-0.2, -0.15) is 0 Å². The molecule has 1 saturated heterocycles. The van der Waals surface area contributed by atoms with Crippen molar-refractivity contribution in [1.82, 2.24) is 10.2 Å². The predicted octanol–water partition coefficient (Wildman–Crippen LogP) is 0.324. The first-order chi connectivity index (χ1) is 7.11. The highest BCUT2D eigenvalue weighted by molar-refractivity contribution is 5.74. The summed E-state index contributed by atoms with van der Waals surface area (Å²) in [6, 6.07) is 0.767. The molecule has 0 aromatic carbocycles. The molecule has 0 spiro atoms. The summed E-state index contributed by atoms with van der Waals surface area (Å²) in [4.78, 5) is 13.2. The van der Waals surface area contributed by atoms with Crippen molar-refractivity contribution in [2.45, 2.75) is 45.2 Å². The summed E-state index contributed by atoms with van der Waals surface area (Å²) in [7, 11) is 0. The lowest BCUT2D eigenvalue weighted by Crippen LogP contribution is -2.46. The van der Waals surface area contributed by atoms with Crippen LogP contribution in [0.1, 0.15) is 33.1 Å². The lowest BCUT2D eigenvalue weighted by molar-refractivity contribution is -0.118. The van der Waals surface area contributed by atoms with Crippen LogP contribution in [0.3, 0.4) is 0 Å². The van der Waals surface area contributed by atoms with Gasteiger partial charge in [0.1, 0.15) is 0 Å². The topological polar surface area (TPSA) is 58.4 Å². The molecule has 0 bridgehead atoms. The lowest BCUT2D eigenvalue weighted by atomic mass is 10.0. The Morgan fingerprint density at radius 3 is 2.60 bits per heavy atom. The summed E-state index contributed by atoms with van der Waals surface area (Å²) < 4.78 is 0. The number of carbonyl (C=O) groups excluding carboxylic acids is 1. The number of hydrogen-bond donors (Lipinski definition) is 2. The van der Waals surface area contributed by atoms with E-state index in [4.69, 9.17) is 5.73 Å². The minimum Gasteiger partial charge on any atom is -0.370 e. The van der Waals surface area contributed by atoms with E-state index in [1.54, 1.807) is 0 Å². The molecular weight excluding hydrogens is 190 g/mol. The zero-order valence-corrected chi connectivity index (χ0v) is 9.83. The van der Waals surface area contributed by atoms with Crippen molar-refractivity contribution < 1.29 is 4.79 Å². The molecule has 15 heavy (non-hydrogen) atoms. The minimum absolute atomic E-state index is 0.209. The maximum absolute atomic E-state index is 10.7. The van der Waals surface area contributed by atoms with Gasteiger partial charge in [-0.1, -0.05) is 6.92 Å². The first kappa shape index (κ1) is 12.5. The van der Waals surface area contributed by atoms with Crippen molar-refractivity contribution in [3.05, 3.63) is 0 Å². The van der Waals surface area contributed by atoms with Gasteiger partial charge in [0.25, 0.3) is 0 Å². The summed E-state index contributed by atoms with van der Waals surface area (Å²) in [5.74, 6) is -0.221. The fraction of sp³-hybridized carbons (Fsp3) is 0.909. The molecule has 88 valence electrons. The minimum atomic E-state index is -0.221. The molecule has 1 unspecified atom stereocenters. The lowest BCUT2D eigenvalue weighted by Gasteiger charge is -2.33. The van der Waals surface area contributed by atoms with Gasteiger partial charge in [-0.05, 0) is 39.4 Å². The number of nitrogens with two attached hydrogens (primary N) is 1. The molecule has 1 amide bonds. The fourth-order valence-electron chi connectivity index (χ4n) is 2.18. The first-order valence-electron chi connectivity index (χ1n) is 5.88. The smallest absolute Gasteiger partial charge is 0.218 e. The summed E-state index contributed by atoms with van der Waals surface area (Å²) in [6.45, 7) is 7.69. The van der Waals surface area contributed by atoms with Crippen LogP contribution in [0, 0.1) is 0 Å². The Morgan fingerprint density at radius 2 is 2.13 bits per heavy atom. The molecule has 3 N–H and O–H groups in total. The molecule has 1 fully saturated rings. The van der Waals surface area contributed by atoms with Crippen LogP contribution in [-0.4, -0.2) is 42.5 Å². The molecule has 4 nitrogen and oxygen atoms in total. The molecule has 1 heterocycles. The van der Waals surface area contributed by atoms with Crippen LogP contribution in [0.4, 0.5) is 0 Å². The van der Waals surface area contributed by atoms with Crippen LogP contribution in [0.5, 0.6) is 0 Å². The van der Waals surface area contributed by atoms with E-state index in [1.165, 1.54) is 12.8 Å². The number of nitrogens with zero attached hydrogens (tertiary/aromatic N) is 1. The standard InChI is InChI=1S/C11H23N3O/c1-3-14-6-4-10(5-7-14)13-9(2)8-11(12)15/h9-10,13H,3-8H2,1-2H3,(H2,12,15). The molecule has 1 aliphatic heterocycles. The average molecular weight is 213 g/mol. The fourth-order valence-corrected chi connectivity index (χ4v) is 2.18. The van der Waals surface area contributed by atoms with E-state index < -0.39 is 0 Å². The predicted molar refractivity (Wildman–Crippen MR) is 61.5 cm³/mol. The zero-order chi connectivity index (χ0) is 11.3. The number of amides is 1. The molecule has 1 atom stereocenters. The van der Waals surface area contributed by atoms with Crippen LogP contribution in [0.25, 0.3) is 0 Å². The SMILES string of the molecule is CCN1CCC(NC(C)CC(N)=O)CC1. The van der Waals surface area contributed by atoms with Crippen LogP contribution in [0.2, 0.25) is 0 Å².